The van der Waals surface area contributed by atoms with Crippen LogP contribution in [0.15, 0.2) is 243 Å². The number of ether oxygens (including phenoxy) is 1. The molecule has 0 saturated carbocycles. The van der Waals surface area contributed by atoms with Gasteiger partial charge in [-0.3, -0.25) is 4.57 Å². The summed E-state index contributed by atoms with van der Waals surface area (Å²) in [5, 5.41) is 7.29. The first-order valence-electron chi connectivity index (χ1n) is 24.2. The summed E-state index contributed by atoms with van der Waals surface area (Å²) in [5.41, 5.74) is 9.18. The van der Waals surface area contributed by atoms with Crippen LogP contribution in [0.25, 0.3) is 44.7 Å². The van der Waals surface area contributed by atoms with Gasteiger partial charge in [-0.15, -0.1) is 17.3 Å². The Hall–Kier alpha value is -7.52. The van der Waals surface area contributed by atoms with Crippen LogP contribution in [-0.4, -0.2) is 30.7 Å². The van der Waals surface area contributed by atoms with E-state index < -0.39 is 16.4 Å². The molecule has 0 spiro atoms. The first kappa shape index (κ1) is 46.8. The maximum absolute atomic E-state index is 13.2. The summed E-state index contributed by atoms with van der Waals surface area (Å²) in [5.74, 6) is 0.908. The van der Waals surface area contributed by atoms with Crippen molar-refractivity contribution < 1.29 is 35.2 Å². The van der Waals surface area contributed by atoms with Gasteiger partial charge in [0.2, 0.25) is 5.88 Å². The van der Waals surface area contributed by atoms with E-state index in [1.807, 2.05) is 66.7 Å². The summed E-state index contributed by atoms with van der Waals surface area (Å²) in [4.78, 5) is 18.5. The van der Waals surface area contributed by atoms with E-state index in [4.69, 9.17) is 9.72 Å². The number of nitrogens with zero attached hydrogens (tertiary/aromatic N) is 3. The number of rotatable bonds is 10. The minimum atomic E-state index is -3.62. The van der Waals surface area contributed by atoms with Crippen molar-refractivity contribution in [2.24, 2.45) is 0 Å². The van der Waals surface area contributed by atoms with E-state index >= 15 is 0 Å². The Kier molecular flexibility index (Phi) is 12.3. The molecule has 0 fully saturated rings. The van der Waals surface area contributed by atoms with Crippen molar-refractivity contribution in [2.75, 3.05) is 0 Å². The van der Waals surface area contributed by atoms with Crippen LogP contribution < -0.4 is 45.7 Å². The minimum Gasteiger partial charge on any atom is -0.466 e. The number of aromatic nitrogens is 3. The third-order valence-electron chi connectivity index (χ3n) is 14.1. The van der Waals surface area contributed by atoms with E-state index in [0.29, 0.717) is 16.9 Å². The second-order valence-electron chi connectivity index (χ2n) is 19.3. The smallest absolute Gasteiger partial charge is 0.466 e. The van der Waals surface area contributed by atoms with Crippen LogP contribution in [0, 0.1) is 12.4 Å². The first-order chi connectivity index (χ1) is 34.7. The number of benzene rings is 9. The fourth-order valence-corrected chi connectivity index (χ4v) is 18.7. The summed E-state index contributed by atoms with van der Waals surface area (Å²) < 4.78 is 11.5. The predicted octanol–water partition coefficient (Wildman–Crippen LogP) is 8.97. The topological polar surface area (TPSA) is 51.2 Å². The Morgan fingerprint density at radius 1 is 0.556 bits per heavy atom. The van der Waals surface area contributed by atoms with Gasteiger partial charge in [0.25, 0.3) is 6.33 Å². The average Bonchev–Trinajstić information content (AvgIpc) is 3.82. The molecule has 1 aliphatic rings. The summed E-state index contributed by atoms with van der Waals surface area (Å²) in [6.45, 7) is 6.55. The van der Waals surface area contributed by atoms with E-state index in [2.05, 4.69) is 218 Å². The van der Waals surface area contributed by atoms with Crippen molar-refractivity contribution in [2.45, 2.75) is 26.2 Å². The van der Waals surface area contributed by atoms with Crippen LogP contribution in [0.5, 0.6) is 11.6 Å². The number of fused-ring (bicyclic) bond motifs is 2. The first-order valence-corrected chi connectivity index (χ1v) is 28.1. The Morgan fingerprint density at radius 2 is 1.06 bits per heavy atom. The van der Waals surface area contributed by atoms with Gasteiger partial charge in [-0.1, -0.05) is 250 Å². The predicted molar refractivity (Wildman–Crippen MR) is 293 cm³/mol. The second kappa shape index (κ2) is 18.9. The van der Waals surface area contributed by atoms with Crippen LogP contribution in [0.1, 0.15) is 26.3 Å². The van der Waals surface area contributed by atoms with E-state index in [9.17, 15) is 4.80 Å². The standard InChI is InChI=1S/C64H50N3O2Si2.Pt/c1-64(2,3)48-42-60(65-61(43-48)71(68,52-32-18-8-19-33-52)53-34-20-9-21-35-53)69-49-40-41-58-57(44-49)67-45-66(62-54(46-24-10-4-11-25-46)36-22-37-55(62)47-26-12-5-13-27-47)56-38-23-39-59(63(56)67)70(58,50-28-14-6-15-29-50)51-30-16-7-17-31-51;/h4-43,68H,1-3H3;/q-1;+2. The summed E-state index contributed by atoms with van der Waals surface area (Å²) in [6.07, 6.45) is 3.98. The van der Waals surface area contributed by atoms with Crippen molar-refractivity contribution in [1.29, 1.82) is 0 Å². The van der Waals surface area contributed by atoms with Crippen LogP contribution in [-0.2, 0) is 26.5 Å². The molecule has 2 aromatic heterocycles. The van der Waals surface area contributed by atoms with Crippen LogP contribution in [0.3, 0.4) is 0 Å². The van der Waals surface area contributed by atoms with Crippen molar-refractivity contribution >= 4 is 63.9 Å². The molecule has 72 heavy (non-hydrogen) atoms. The monoisotopic (exact) mass is 1140 g/mol. The van der Waals surface area contributed by atoms with Gasteiger partial charge in [0.15, 0.2) is 0 Å². The van der Waals surface area contributed by atoms with Gasteiger partial charge in [0.1, 0.15) is 8.07 Å². The Balaban J connectivity index is 0.00000560. The molecule has 0 radical (unpaired) electrons. The Bertz CT molecular complexity index is 3580. The second-order valence-corrected chi connectivity index (χ2v) is 26.1. The molecular weight excluding hydrogens is 1090 g/mol. The van der Waals surface area contributed by atoms with Gasteiger partial charge >= 0.3 is 29.4 Å². The Morgan fingerprint density at radius 3 is 1.58 bits per heavy atom. The molecule has 0 bridgehead atoms. The summed E-state index contributed by atoms with van der Waals surface area (Å²) in [6, 6.07) is 89.0. The minimum absolute atomic E-state index is 0. The fraction of sp³-hybridized carbons (Fsp3) is 0.0625. The number of hydrogen-bond donors (Lipinski definition) is 1. The van der Waals surface area contributed by atoms with Crippen molar-refractivity contribution in [3.63, 3.8) is 0 Å². The molecule has 1 N–H and O–H groups in total. The Labute approximate surface area is 437 Å². The maximum atomic E-state index is 13.2. The molecule has 3 heterocycles. The fourth-order valence-electron chi connectivity index (χ4n) is 10.7. The molecule has 0 saturated heterocycles. The molecule has 0 aliphatic carbocycles. The zero-order valence-electron chi connectivity index (χ0n) is 40.1. The SMILES string of the molecule is CC(C)(C)c1cc(Oc2[c-]c3c(cc2)[Si](c2ccccc2)(c2ccccc2)c2cccc4c2n-3[c-][n+]4-c2c(-c3ccccc3)cccc2-c2ccccc2)nc([Si](O)(c2ccccc2)c2ccccc2)c1.[Pt+2]. The van der Waals surface area contributed by atoms with Crippen LogP contribution in [0.2, 0.25) is 0 Å². The van der Waals surface area contributed by atoms with Gasteiger partial charge in [0.05, 0.1) is 22.0 Å². The number of pyridine rings is 1. The van der Waals surface area contributed by atoms with Crippen molar-refractivity contribution in [1.82, 2.24) is 9.55 Å². The molecule has 12 rings (SSSR count). The zero-order valence-corrected chi connectivity index (χ0v) is 44.4. The quantitative estimate of drug-likeness (QED) is 0.0847. The van der Waals surface area contributed by atoms with Crippen LogP contribution in [0.4, 0.5) is 0 Å². The van der Waals surface area contributed by atoms with E-state index in [1.165, 1.54) is 20.7 Å². The number of hydrogen-bond acceptors (Lipinski definition) is 3. The van der Waals surface area contributed by atoms with Gasteiger partial charge < -0.3 is 14.1 Å². The molecule has 11 aromatic rings. The summed E-state index contributed by atoms with van der Waals surface area (Å²) in [7, 11) is -6.71. The molecule has 8 heteroatoms. The molecule has 0 amide bonds. The molecule has 9 aromatic carbocycles. The molecule has 1 aliphatic heterocycles. The third-order valence-corrected chi connectivity index (χ3v) is 22.2. The van der Waals surface area contributed by atoms with Crippen LogP contribution >= 0.6 is 0 Å². The largest absolute Gasteiger partial charge is 2.00 e. The van der Waals surface area contributed by atoms with Crippen molar-refractivity contribution in [3.05, 3.63) is 261 Å². The van der Waals surface area contributed by atoms with E-state index in [1.54, 1.807) is 0 Å². The molecule has 350 valence electrons. The molecule has 0 unspecified atom stereocenters. The van der Waals surface area contributed by atoms with E-state index in [0.717, 1.165) is 60.6 Å². The zero-order chi connectivity index (χ0) is 48.2. The van der Waals surface area contributed by atoms with Crippen molar-refractivity contribution in [3.8, 4) is 45.3 Å². The average molecular weight is 1140 g/mol. The molecular formula is C64H50N3O2PtSi2+. The summed E-state index contributed by atoms with van der Waals surface area (Å²) >= 11 is 0. The number of imidazole rings is 1. The van der Waals surface area contributed by atoms with Gasteiger partial charge in [-0.25, -0.2) is 4.98 Å². The molecule has 5 nitrogen and oxygen atoms in total. The maximum Gasteiger partial charge on any atom is 2.00 e. The van der Waals surface area contributed by atoms with Gasteiger partial charge in [-0.2, -0.15) is 6.07 Å². The van der Waals surface area contributed by atoms with E-state index in [-0.39, 0.29) is 26.5 Å². The van der Waals surface area contributed by atoms with Gasteiger partial charge in [-0.05, 0) is 60.5 Å². The molecule has 0 atom stereocenters. The van der Waals surface area contributed by atoms with Gasteiger partial charge in [0, 0.05) is 11.8 Å². The number of para-hydroxylation sites is 2. The normalized spacial score (nSPS) is 12.7. The third kappa shape index (κ3) is 7.85.